The van der Waals surface area contributed by atoms with Gasteiger partial charge in [0.05, 0.1) is 5.56 Å². The van der Waals surface area contributed by atoms with E-state index in [0.29, 0.717) is 6.54 Å². The maximum Gasteiger partial charge on any atom is 0.416 e. The van der Waals surface area contributed by atoms with Crippen molar-refractivity contribution in [3.8, 4) is 0 Å². The molecule has 3 nitrogen and oxygen atoms in total. The minimum absolute atomic E-state index is 0.602. The van der Waals surface area contributed by atoms with Crippen molar-refractivity contribution in [3.05, 3.63) is 63.5 Å². The quantitative estimate of drug-likeness (QED) is 0.238. The summed E-state index contributed by atoms with van der Waals surface area (Å²) < 4.78 is 44.0. The Kier molecular flexibility index (Phi) is 7.94. The van der Waals surface area contributed by atoms with Gasteiger partial charge in [0.15, 0.2) is 0 Å². The number of rotatable bonds is 2. The predicted octanol–water partition coefficient (Wildman–Crippen LogP) is 5.80. The van der Waals surface area contributed by atoms with Crippen molar-refractivity contribution in [1.29, 1.82) is 0 Å². The molecule has 26 heavy (non-hydrogen) atoms. The SMILES string of the molecule is Cn1[c](=[Pt])n(C)c2ccccc21.FC(F)(F)c1ccc(CN(I)I)cc1. The van der Waals surface area contributed by atoms with E-state index in [9.17, 15) is 13.2 Å². The number of fused-ring (bicyclic) bond motifs is 1. The second-order valence-corrected chi connectivity index (χ2v) is 10.7. The molecule has 0 radical (unpaired) electrons. The van der Waals surface area contributed by atoms with Gasteiger partial charge in [0, 0.05) is 52.3 Å². The first-order valence-corrected chi connectivity index (χ1v) is 10.5. The molecule has 0 aliphatic carbocycles. The number of para-hydroxylation sites is 2. The van der Waals surface area contributed by atoms with E-state index in [2.05, 4.69) is 113 Å². The summed E-state index contributed by atoms with van der Waals surface area (Å²) >= 11 is 6.47. The number of alkyl halides is 3. The summed E-state index contributed by atoms with van der Waals surface area (Å²) in [5, 5.41) is 0. The molecule has 144 valence electrons. The third kappa shape index (κ3) is 5.65. The Labute approximate surface area is 188 Å². The molecule has 3 rings (SSSR count). The van der Waals surface area contributed by atoms with Crippen molar-refractivity contribution in [1.82, 2.24) is 10.5 Å². The summed E-state index contributed by atoms with van der Waals surface area (Å²) in [4.78, 5) is 0. The van der Waals surface area contributed by atoms with Crippen LogP contribution >= 0.6 is 45.7 Å². The molecular weight excluding hydrogens is 752 g/mol. The molecular formula is C17H16F3I2N3Pt. The first-order valence-electron chi connectivity index (χ1n) is 7.42. The van der Waals surface area contributed by atoms with Crippen LogP contribution in [0.4, 0.5) is 13.2 Å². The van der Waals surface area contributed by atoms with Gasteiger partial charge in [0.1, 0.15) is 0 Å². The molecule has 0 aliphatic rings. The summed E-state index contributed by atoms with van der Waals surface area (Å²) in [6, 6.07) is 13.6. The monoisotopic (exact) mass is 768 g/mol. The van der Waals surface area contributed by atoms with Gasteiger partial charge in [-0.3, -0.25) is 0 Å². The standard InChI is InChI=1S/C9H10N2.C8H6F3I2N.Pt/c1-10-7-11(2)9-6-4-3-5-8(9)10;9-8(10,11)7-3-1-6(2-4-7)5-14(12)13;/h3-6H,1-2H3;1-4H,5H2;. The van der Waals surface area contributed by atoms with E-state index < -0.39 is 11.7 Å². The van der Waals surface area contributed by atoms with Crippen LogP contribution in [0.5, 0.6) is 0 Å². The number of hydrogen-bond acceptors (Lipinski definition) is 1. The van der Waals surface area contributed by atoms with Crippen LogP contribution in [0.3, 0.4) is 0 Å². The molecule has 0 spiro atoms. The van der Waals surface area contributed by atoms with Crippen LogP contribution in [-0.2, 0) is 46.2 Å². The molecule has 9 heteroatoms. The second kappa shape index (κ2) is 9.34. The fourth-order valence-electron chi connectivity index (χ4n) is 2.38. The Balaban J connectivity index is 0.000000189. The number of nitrogens with zero attached hydrogens (tertiary/aromatic N) is 3. The first kappa shape index (κ1) is 22.1. The molecule has 0 N–H and O–H groups in total. The van der Waals surface area contributed by atoms with E-state index >= 15 is 0 Å². The van der Waals surface area contributed by atoms with Crippen molar-refractivity contribution in [2.24, 2.45) is 14.1 Å². The summed E-state index contributed by atoms with van der Waals surface area (Å²) in [6.45, 7) is 0.624. The van der Waals surface area contributed by atoms with Gasteiger partial charge in [-0.2, -0.15) is 14.5 Å². The zero-order valence-electron chi connectivity index (χ0n) is 13.9. The van der Waals surface area contributed by atoms with Gasteiger partial charge in [-0.25, -0.2) is 0 Å². The third-order valence-corrected chi connectivity index (χ3v) is 5.91. The van der Waals surface area contributed by atoms with Gasteiger partial charge in [-0.1, -0.05) is 12.1 Å². The Morgan fingerprint density at radius 3 is 1.77 bits per heavy atom. The van der Waals surface area contributed by atoms with Crippen LogP contribution in [-0.4, -0.2) is 10.5 Å². The Hall–Kier alpha value is -0.192. The molecule has 1 heterocycles. The van der Waals surface area contributed by atoms with Crippen LogP contribution in [0.25, 0.3) is 11.0 Å². The number of aromatic nitrogens is 2. The Bertz CT molecular complexity index is 889. The maximum absolute atomic E-state index is 12.2. The van der Waals surface area contributed by atoms with Crippen molar-refractivity contribution >= 4 is 56.8 Å². The van der Waals surface area contributed by atoms with E-state index in [0.717, 1.165) is 17.7 Å². The summed E-state index contributed by atoms with van der Waals surface area (Å²) in [6.07, 6.45) is -4.24. The molecule has 0 atom stereocenters. The molecule has 0 saturated heterocycles. The summed E-state index contributed by atoms with van der Waals surface area (Å²) in [5.41, 5.74) is 2.83. The van der Waals surface area contributed by atoms with Gasteiger partial charge >= 0.3 is 87.9 Å². The molecule has 0 aliphatic heterocycles. The van der Waals surface area contributed by atoms with Crippen molar-refractivity contribution < 1.29 is 32.5 Å². The van der Waals surface area contributed by atoms with Gasteiger partial charge in [-0.15, -0.1) is 0 Å². The van der Waals surface area contributed by atoms with E-state index in [1.54, 1.807) is 0 Å². The zero-order valence-corrected chi connectivity index (χ0v) is 20.5. The van der Waals surface area contributed by atoms with Crippen molar-refractivity contribution in [3.63, 3.8) is 0 Å². The average Bonchev–Trinajstić information content (AvgIpc) is 2.80. The largest absolute Gasteiger partial charge is 0.416 e. The Morgan fingerprint density at radius 2 is 1.38 bits per heavy atom. The van der Waals surface area contributed by atoms with Gasteiger partial charge in [0.25, 0.3) is 0 Å². The number of halogens is 5. The first-order chi connectivity index (χ1) is 12.1. The molecule has 1 aromatic heterocycles. The van der Waals surface area contributed by atoms with E-state index in [1.165, 1.54) is 27.0 Å². The minimum atomic E-state index is -4.24. The van der Waals surface area contributed by atoms with Crippen LogP contribution < -0.4 is 0 Å². The van der Waals surface area contributed by atoms with Gasteiger partial charge < -0.3 is 0 Å². The van der Waals surface area contributed by atoms with Gasteiger partial charge in [-0.05, 0) is 17.7 Å². The number of aryl methyl sites for hydroxylation is 2. The summed E-state index contributed by atoms with van der Waals surface area (Å²) in [5.74, 6) is 0. The molecule has 0 saturated carbocycles. The van der Waals surface area contributed by atoms with Crippen LogP contribution in [0.1, 0.15) is 11.1 Å². The number of benzene rings is 2. The van der Waals surface area contributed by atoms with E-state index in [1.807, 2.05) is 1.33 Å². The number of hydrogen-bond donors (Lipinski definition) is 0. The molecule has 2 aromatic carbocycles. The molecule has 0 amide bonds. The maximum atomic E-state index is 12.2. The fourth-order valence-corrected chi connectivity index (χ4v) is 3.71. The average molecular weight is 768 g/mol. The predicted molar refractivity (Wildman–Crippen MR) is 110 cm³/mol. The van der Waals surface area contributed by atoms with E-state index in [4.69, 9.17) is 0 Å². The van der Waals surface area contributed by atoms with Gasteiger partial charge in [0.2, 0.25) is 0 Å². The van der Waals surface area contributed by atoms with Crippen LogP contribution in [0.15, 0.2) is 48.5 Å². The molecule has 0 unspecified atom stereocenters. The number of imidazole rings is 1. The topological polar surface area (TPSA) is 13.1 Å². The third-order valence-electron chi connectivity index (χ3n) is 3.70. The normalized spacial score (nSPS) is 11.6. The minimum Gasteiger partial charge on any atom is -0.184 e. The molecule has 0 bridgehead atoms. The van der Waals surface area contributed by atoms with Crippen molar-refractivity contribution in [2.45, 2.75) is 12.7 Å². The molecule has 0 fully saturated rings. The summed E-state index contributed by atoms with van der Waals surface area (Å²) in [7, 11) is 4.18. The second-order valence-electron chi connectivity index (χ2n) is 5.50. The van der Waals surface area contributed by atoms with Crippen LogP contribution in [0.2, 0.25) is 0 Å². The molecule has 3 aromatic rings. The fraction of sp³-hybridized carbons (Fsp3) is 0.235. The Morgan fingerprint density at radius 1 is 0.923 bits per heavy atom. The van der Waals surface area contributed by atoms with Crippen LogP contribution in [0, 0.1) is 3.80 Å². The zero-order chi connectivity index (χ0) is 19.5. The van der Waals surface area contributed by atoms with Crippen molar-refractivity contribution in [2.75, 3.05) is 0 Å². The smallest absolute Gasteiger partial charge is 0.184 e. The van der Waals surface area contributed by atoms with E-state index in [-0.39, 0.29) is 0 Å².